The standard InChI is InChI=1S/C21H22O2/c1-11-7-8-17(9-12(11)2)19-10-18(22)20-15(5)13(3)14(4)16(6)21(20)23-19/h7-10H,1-6H3. The van der Waals surface area contributed by atoms with Crippen LogP contribution in [0.5, 0.6) is 0 Å². The second kappa shape index (κ2) is 5.38. The van der Waals surface area contributed by atoms with Gasteiger partial charge in [-0.3, -0.25) is 4.79 Å². The highest BCUT2D eigenvalue weighted by Gasteiger charge is 2.15. The first kappa shape index (κ1) is 15.5. The van der Waals surface area contributed by atoms with E-state index in [4.69, 9.17) is 4.42 Å². The SMILES string of the molecule is Cc1ccc(-c2cc(=O)c3c(C)c(C)c(C)c(C)c3o2)cc1C. The van der Waals surface area contributed by atoms with Gasteiger partial charge in [-0.2, -0.15) is 0 Å². The first-order valence-electron chi connectivity index (χ1n) is 7.93. The van der Waals surface area contributed by atoms with Gasteiger partial charge in [0.2, 0.25) is 0 Å². The second-order valence-electron chi connectivity index (χ2n) is 6.48. The van der Waals surface area contributed by atoms with Gasteiger partial charge in [-0.05, 0) is 81.0 Å². The van der Waals surface area contributed by atoms with Gasteiger partial charge >= 0.3 is 0 Å². The highest BCUT2D eigenvalue weighted by Crippen LogP contribution is 2.30. The predicted molar refractivity (Wildman–Crippen MR) is 96.3 cm³/mol. The lowest BCUT2D eigenvalue weighted by molar-refractivity contribution is 0.615. The highest BCUT2D eigenvalue weighted by atomic mass is 16.3. The minimum absolute atomic E-state index is 0.0307. The quantitative estimate of drug-likeness (QED) is 0.610. The van der Waals surface area contributed by atoms with Gasteiger partial charge in [0.15, 0.2) is 5.43 Å². The van der Waals surface area contributed by atoms with Crippen LogP contribution in [0.1, 0.15) is 33.4 Å². The van der Waals surface area contributed by atoms with E-state index in [1.54, 1.807) is 6.07 Å². The Morgan fingerprint density at radius 2 is 1.39 bits per heavy atom. The third kappa shape index (κ3) is 2.39. The molecule has 3 rings (SSSR count). The Labute approximate surface area is 136 Å². The smallest absolute Gasteiger partial charge is 0.193 e. The largest absolute Gasteiger partial charge is 0.456 e. The summed E-state index contributed by atoms with van der Waals surface area (Å²) in [7, 11) is 0. The van der Waals surface area contributed by atoms with Crippen LogP contribution in [0.15, 0.2) is 33.5 Å². The molecule has 0 aliphatic carbocycles. The fourth-order valence-electron chi connectivity index (χ4n) is 3.07. The zero-order chi connectivity index (χ0) is 16.9. The molecule has 0 bridgehead atoms. The summed E-state index contributed by atoms with van der Waals surface area (Å²) in [6.07, 6.45) is 0. The zero-order valence-corrected chi connectivity index (χ0v) is 14.6. The molecule has 0 saturated carbocycles. The topological polar surface area (TPSA) is 30.2 Å². The molecule has 2 nitrogen and oxygen atoms in total. The predicted octanol–water partition coefficient (Wildman–Crippen LogP) is 5.31. The minimum Gasteiger partial charge on any atom is -0.456 e. The Hall–Kier alpha value is -2.35. The maximum absolute atomic E-state index is 12.7. The Morgan fingerprint density at radius 1 is 0.739 bits per heavy atom. The number of rotatable bonds is 1. The molecular weight excluding hydrogens is 284 g/mol. The van der Waals surface area contributed by atoms with Gasteiger partial charge in [0, 0.05) is 11.6 Å². The summed E-state index contributed by atoms with van der Waals surface area (Å²) >= 11 is 0. The molecule has 1 heterocycles. The monoisotopic (exact) mass is 306 g/mol. The molecule has 118 valence electrons. The third-order valence-electron chi connectivity index (χ3n) is 5.14. The van der Waals surface area contributed by atoms with Gasteiger partial charge in [0.05, 0.1) is 5.39 Å². The summed E-state index contributed by atoms with van der Waals surface area (Å²) in [6.45, 7) is 12.3. The number of aryl methyl sites for hydroxylation is 4. The molecule has 23 heavy (non-hydrogen) atoms. The van der Waals surface area contributed by atoms with E-state index in [-0.39, 0.29) is 5.43 Å². The Morgan fingerprint density at radius 3 is 2.04 bits per heavy atom. The number of hydrogen-bond donors (Lipinski definition) is 0. The summed E-state index contributed by atoms with van der Waals surface area (Å²) < 4.78 is 6.17. The molecule has 0 radical (unpaired) electrons. The summed E-state index contributed by atoms with van der Waals surface area (Å²) in [5.41, 5.74) is 8.54. The molecule has 0 unspecified atom stereocenters. The van der Waals surface area contributed by atoms with Crippen LogP contribution in [0, 0.1) is 41.5 Å². The van der Waals surface area contributed by atoms with Crippen molar-refractivity contribution in [3.05, 3.63) is 67.9 Å². The van der Waals surface area contributed by atoms with Crippen molar-refractivity contribution < 1.29 is 4.42 Å². The van der Waals surface area contributed by atoms with Crippen LogP contribution < -0.4 is 5.43 Å². The van der Waals surface area contributed by atoms with Crippen molar-refractivity contribution in [3.63, 3.8) is 0 Å². The molecule has 0 aliphatic heterocycles. The molecule has 0 amide bonds. The molecule has 0 fully saturated rings. The van der Waals surface area contributed by atoms with Gasteiger partial charge in [-0.25, -0.2) is 0 Å². The molecule has 0 N–H and O–H groups in total. The normalized spacial score (nSPS) is 11.2. The van der Waals surface area contributed by atoms with Crippen molar-refractivity contribution in [3.8, 4) is 11.3 Å². The minimum atomic E-state index is 0.0307. The zero-order valence-electron chi connectivity index (χ0n) is 14.6. The first-order chi connectivity index (χ1) is 10.8. The fourth-order valence-corrected chi connectivity index (χ4v) is 3.07. The summed E-state index contributed by atoms with van der Waals surface area (Å²) in [5, 5.41) is 0.707. The van der Waals surface area contributed by atoms with Crippen LogP contribution in [0.25, 0.3) is 22.3 Å². The fraction of sp³-hybridized carbons (Fsp3) is 0.286. The third-order valence-corrected chi connectivity index (χ3v) is 5.14. The summed E-state index contributed by atoms with van der Waals surface area (Å²) in [5.74, 6) is 0.636. The molecule has 0 atom stereocenters. The van der Waals surface area contributed by atoms with Crippen molar-refractivity contribution in [1.29, 1.82) is 0 Å². The van der Waals surface area contributed by atoms with Crippen molar-refractivity contribution >= 4 is 11.0 Å². The molecule has 0 saturated heterocycles. The Bertz CT molecular complexity index is 991. The number of hydrogen-bond acceptors (Lipinski definition) is 2. The van der Waals surface area contributed by atoms with E-state index in [1.165, 1.54) is 22.3 Å². The van der Waals surface area contributed by atoms with Gasteiger partial charge < -0.3 is 4.42 Å². The number of fused-ring (bicyclic) bond motifs is 1. The average molecular weight is 306 g/mol. The van der Waals surface area contributed by atoms with Gasteiger partial charge in [-0.1, -0.05) is 12.1 Å². The lowest BCUT2D eigenvalue weighted by atomic mass is 9.94. The van der Waals surface area contributed by atoms with E-state index in [1.807, 2.05) is 19.9 Å². The van der Waals surface area contributed by atoms with Gasteiger partial charge in [0.1, 0.15) is 11.3 Å². The van der Waals surface area contributed by atoms with E-state index in [2.05, 4.69) is 39.8 Å². The molecule has 0 aliphatic rings. The van der Waals surface area contributed by atoms with Gasteiger partial charge in [-0.15, -0.1) is 0 Å². The molecule has 1 aromatic heterocycles. The van der Waals surface area contributed by atoms with Crippen molar-refractivity contribution in [2.24, 2.45) is 0 Å². The van der Waals surface area contributed by atoms with Gasteiger partial charge in [0.25, 0.3) is 0 Å². The van der Waals surface area contributed by atoms with E-state index in [0.29, 0.717) is 16.7 Å². The van der Waals surface area contributed by atoms with Crippen LogP contribution in [0.4, 0.5) is 0 Å². The lowest BCUT2D eigenvalue weighted by Gasteiger charge is -2.14. The summed E-state index contributed by atoms with van der Waals surface area (Å²) in [4.78, 5) is 12.7. The first-order valence-corrected chi connectivity index (χ1v) is 7.93. The Balaban J connectivity index is 2.38. The van der Waals surface area contributed by atoms with Crippen molar-refractivity contribution in [2.45, 2.75) is 41.5 Å². The molecule has 2 heteroatoms. The maximum atomic E-state index is 12.7. The van der Waals surface area contributed by atoms with E-state index < -0.39 is 0 Å². The molecule has 0 spiro atoms. The van der Waals surface area contributed by atoms with Crippen LogP contribution in [-0.2, 0) is 0 Å². The van der Waals surface area contributed by atoms with Crippen LogP contribution in [0.3, 0.4) is 0 Å². The number of benzene rings is 2. The van der Waals surface area contributed by atoms with Crippen LogP contribution in [0.2, 0.25) is 0 Å². The second-order valence-corrected chi connectivity index (χ2v) is 6.48. The van der Waals surface area contributed by atoms with E-state index in [0.717, 1.165) is 16.7 Å². The molecule has 3 aromatic rings. The van der Waals surface area contributed by atoms with Crippen LogP contribution in [-0.4, -0.2) is 0 Å². The van der Waals surface area contributed by atoms with Crippen molar-refractivity contribution in [2.75, 3.05) is 0 Å². The highest BCUT2D eigenvalue weighted by molar-refractivity contribution is 5.87. The van der Waals surface area contributed by atoms with Crippen LogP contribution >= 0.6 is 0 Å². The van der Waals surface area contributed by atoms with E-state index in [9.17, 15) is 4.79 Å². The molecular formula is C21H22O2. The lowest BCUT2D eigenvalue weighted by Crippen LogP contribution is -2.06. The maximum Gasteiger partial charge on any atom is 0.193 e. The van der Waals surface area contributed by atoms with Crippen molar-refractivity contribution in [1.82, 2.24) is 0 Å². The Kier molecular flexibility index (Phi) is 3.63. The average Bonchev–Trinajstić information content (AvgIpc) is 2.52. The van der Waals surface area contributed by atoms with E-state index >= 15 is 0 Å². The summed E-state index contributed by atoms with van der Waals surface area (Å²) in [6, 6.07) is 7.76. The molecule has 2 aromatic carbocycles.